The lowest BCUT2D eigenvalue weighted by Gasteiger charge is -2.26. The summed E-state index contributed by atoms with van der Waals surface area (Å²) in [5.41, 5.74) is -0.0377. The number of hydrogen-bond donors (Lipinski definition) is 2. The van der Waals surface area contributed by atoms with Crippen LogP contribution in [-0.4, -0.2) is 48.1 Å². The van der Waals surface area contributed by atoms with Crippen LogP contribution in [0.4, 0.5) is 0 Å². The molecule has 0 unspecified atom stereocenters. The Bertz CT molecular complexity index is 642. The van der Waals surface area contributed by atoms with E-state index in [4.69, 9.17) is 21.8 Å². The molecule has 0 saturated heterocycles. The number of halogens is 1. The lowest BCUT2D eigenvalue weighted by atomic mass is 10.1. The van der Waals surface area contributed by atoms with Crippen molar-refractivity contribution in [2.75, 3.05) is 13.2 Å². The van der Waals surface area contributed by atoms with Crippen molar-refractivity contribution in [1.29, 1.82) is 0 Å². The molecule has 118 valence electrons. The molecule has 8 heteroatoms. The van der Waals surface area contributed by atoms with E-state index in [1.165, 1.54) is 19.1 Å². The molecule has 0 aromatic heterocycles. The third kappa shape index (κ3) is 3.74. The number of carbonyl (C=O) groups is 1. The summed E-state index contributed by atoms with van der Waals surface area (Å²) in [6, 6.07) is 2.06. The quantitative estimate of drug-likeness (QED) is 0.825. The predicted molar refractivity (Wildman–Crippen MR) is 79.3 cm³/mol. The number of carboxylic acids is 1. The maximum absolute atomic E-state index is 12.7. The van der Waals surface area contributed by atoms with E-state index in [2.05, 4.69) is 0 Å². The van der Waals surface area contributed by atoms with Crippen molar-refractivity contribution in [2.24, 2.45) is 0 Å². The van der Waals surface area contributed by atoms with Gasteiger partial charge in [-0.3, -0.25) is 0 Å². The summed E-state index contributed by atoms with van der Waals surface area (Å²) in [5, 5.41) is 18.2. The van der Waals surface area contributed by atoms with E-state index in [1.54, 1.807) is 13.8 Å². The monoisotopic (exact) mass is 335 g/mol. The predicted octanol–water partition coefficient (Wildman–Crippen LogP) is 1.74. The van der Waals surface area contributed by atoms with Crippen molar-refractivity contribution in [3.63, 3.8) is 0 Å². The second kappa shape index (κ2) is 6.74. The molecule has 21 heavy (non-hydrogen) atoms. The SMILES string of the molecule is Cc1c(C(=O)O)cc(Cl)cc1S(=O)(=O)N(CCO)C(C)C. The lowest BCUT2D eigenvalue weighted by molar-refractivity contribution is 0.0695. The van der Waals surface area contributed by atoms with Crippen molar-refractivity contribution in [3.8, 4) is 0 Å². The number of carboxylic acid groups (broad SMARTS) is 1. The Balaban J connectivity index is 3.54. The van der Waals surface area contributed by atoms with Crippen LogP contribution in [0.3, 0.4) is 0 Å². The minimum atomic E-state index is -3.95. The second-order valence-electron chi connectivity index (χ2n) is 4.81. The van der Waals surface area contributed by atoms with Gasteiger partial charge in [0, 0.05) is 17.6 Å². The van der Waals surface area contributed by atoms with E-state index in [-0.39, 0.29) is 40.2 Å². The van der Waals surface area contributed by atoms with Crippen molar-refractivity contribution in [2.45, 2.75) is 31.7 Å². The van der Waals surface area contributed by atoms with E-state index >= 15 is 0 Å². The highest BCUT2D eigenvalue weighted by atomic mass is 35.5. The van der Waals surface area contributed by atoms with Crippen LogP contribution >= 0.6 is 11.6 Å². The summed E-state index contributed by atoms with van der Waals surface area (Å²) in [7, 11) is -3.95. The van der Waals surface area contributed by atoms with Crippen molar-refractivity contribution < 1.29 is 23.4 Å². The highest BCUT2D eigenvalue weighted by molar-refractivity contribution is 7.89. The minimum Gasteiger partial charge on any atom is -0.478 e. The lowest BCUT2D eigenvalue weighted by Crippen LogP contribution is -2.39. The van der Waals surface area contributed by atoms with Gasteiger partial charge in [0.2, 0.25) is 10.0 Å². The highest BCUT2D eigenvalue weighted by Gasteiger charge is 2.30. The van der Waals surface area contributed by atoms with Gasteiger partial charge in [-0.05, 0) is 38.5 Å². The second-order valence-corrected chi connectivity index (χ2v) is 7.11. The molecule has 6 nitrogen and oxygen atoms in total. The summed E-state index contributed by atoms with van der Waals surface area (Å²) >= 11 is 5.84. The summed E-state index contributed by atoms with van der Waals surface area (Å²) in [4.78, 5) is 11.0. The molecule has 0 heterocycles. The summed E-state index contributed by atoms with van der Waals surface area (Å²) in [5.74, 6) is -1.25. The molecule has 0 aliphatic carbocycles. The molecule has 0 saturated carbocycles. The Morgan fingerprint density at radius 3 is 2.38 bits per heavy atom. The van der Waals surface area contributed by atoms with Crippen molar-refractivity contribution in [1.82, 2.24) is 4.31 Å². The van der Waals surface area contributed by atoms with Gasteiger partial charge >= 0.3 is 5.97 Å². The van der Waals surface area contributed by atoms with Crippen molar-refractivity contribution >= 4 is 27.6 Å². The molecular weight excluding hydrogens is 318 g/mol. The van der Waals surface area contributed by atoms with Gasteiger partial charge < -0.3 is 10.2 Å². The zero-order valence-electron chi connectivity index (χ0n) is 12.0. The first kappa shape index (κ1) is 17.9. The van der Waals surface area contributed by atoms with Crippen LogP contribution in [-0.2, 0) is 10.0 Å². The first-order valence-corrected chi connectivity index (χ1v) is 8.10. The number of aliphatic hydroxyl groups excluding tert-OH is 1. The number of hydrogen-bond acceptors (Lipinski definition) is 4. The first-order valence-electron chi connectivity index (χ1n) is 6.29. The number of sulfonamides is 1. The van der Waals surface area contributed by atoms with Gasteiger partial charge in [0.1, 0.15) is 0 Å². The molecule has 0 bridgehead atoms. The molecule has 0 atom stereocenters. The molecule has 1 aromatic rings. The number of nitrogens with zero attached hydrogens (tertiary/aromatic N) is 1. The maximum atomic E-state index is 12.7. The van der Waals surface area contributed by atoms with E-state index in [0.29, 0.717) is 0 Å². The van der Waals surface area contributed by atoms with Gasteiger partial charge in [-0.25, -0.2) is 13.2 Å². The topological polar surface area (TPSA) is 94.9 Å². The molecule has 2 N–H and O–H groups in total. The van der Waals surface area contributed by atoms with Gasteiger partial charge in [-0.15, -0.1) is 0 Å². The summed E-state index contributed by atoms with van der Waals surface area (Å²) in [6.07, 6.45) is 0. The molecule has 0 amide bonds. The number of aliphatic hydroxyl groups is 1. The summed E-state index contributed by atoms with van der Waals surface area (Å²) < 4.78 is 26.5. The Hall–Kier alpha value is -1.15. The molecule has 1 aromatic carbocycles. The number of rotatable bonds is 6. The van der Waals surface area contributed by atoms with E-state index in [1.807, 2.05) is 0 Å². The number of benzene rings is 1. The van der Waals surface area contributed by atoms with Crippen LogP contribution in [0.25, 0.3) is 0 Å². The third-order valence-electron chi connectivity index (χ3n) is 3.04. The van der Waals surface area contributed by atoms with Crippen LogP contribution < -0.4 is 0 Å². The normalized spacial score (nSPS) is 12.1. The number of aromatic carboxylic acids is 1. The molecule has 0 spiro atoms. The van der Waals surface area contributed by atoms with Gasteiger partial charge in [0.15, 0.2) is 0 Å². The molecule has 0 aliphatic rings. The Labute approximate surface area is 129 Å². The van der Waals surface area contributed by atoms with E-state index < -0.39 is 16.0 Å². The molecule has 1 rings (SSSR count). The third-order valence-corrected chi connectivity index (χ3v) is 5.46. The molecule has 0 fully saturated rings. The van der Waals surface area contributed by atoms with Crippen LogP contribution in [0.5, 0.6) is 0 Å². The zero-order chi connectivity index (χ0) is 16.4. The fourth-order valence-electron chi connectivity index (χ4n) is 2.02. The Morgan fingerprint density at radius 1 is 1.38 bits per heavy atom. The average Bonchev–Trinajstić information content (AvgIpc) is 2.37. The fourth-order valence-corrected chi connectivity index (χ4v) is 4.21. The van der Waals surface area contributed by atoms with E-state index in [0.717, 1.165) is 4.31 Å². The van der Waals surface area contributed by atoms with Crippen LogP contribution in [0.15, 0.2) is 17.0 Å². The van der Waals surface area contributed by atoms with Gasteiger partial charge in [0.05, 0.1) is 17.1 Å². The first-order chi connectivity index (χ1) is 9.62. The maximum Gasteiger partial charge on any atom is 0.336 e. The van der Waals surface area contributed by atoms with E-state index in [9.17, 15) is 13.2 Å². The smallest absolute Gasteiger partial charge is 0.336 e. The Morgan fingerprint density at radius 2 is 1.95 bits per heavy atom. The summed E-state index contributed by atoms with van der Waals surface area (Å²) in [6.45, 7) is 4.36. The minimum absolute atomic E-state index is 0.0317. The average molecular weight is 336 g/mol. The van der Waals surface area contributed by atoms with Gasteiger partial charge in [-0.2, -0.15) is 4.31 Å². The van der Waals surface area contributed by atoms with Crippen LogP contribution in [0.1, 0.15) is 29.8 Å². The van der Waals surface area contributed by atoms with Gasteiger partial charge in [-0.1, -0.05) is 11.6 Å². The largest absolute Gasteiger partial charge is 0.478 e. The van der Waals surface area contributed by atoms with Crippen LogP contribution in [0, 0.1) is 6.92 Å². The standard InChI is InChI=1S/C13H18ClNO5S/c1-8(2)15(4-5-16)21(19,20)12-7-10(14)6-11(9(12)3)13(17)18/h6-8,16H,4-5H2,1-3H3,(H,17,18). The Kier molecular flexibility index (Phi) is 5.75. The highest BCUT2D eigenvalue weighted by Crippen LogP contribution is 2.28. The van der Waals surface area contributed by atoms with Crippen LogP contribution in [0.2, 0.25) is 5.02 Å². The van der Waals surface area contributed by atoms with Crippen molar-refractivity contribution in [3.05, 3.63) is 28.3 Å². The van der Waals surface area contributed by atoms with Gasteiger partial charge in [0.25, 0.3) is 0 Å². The molecular formula is C13H18ClNO5S. The fraction of sp³-hybridized carbons (Fsp3) is 0.462. The molecule has 0 aliphatic heterocycles. The zero-order valence-corrected chi connectivity index (χ0v) is 13.6. The molecule has 0 radical (unpaired) electrons.